The summed E-state index contributed by atoms with van der Waals surface area (Å²) in [6.07, 6.45) is 4.90. The van der Waals surface area contributed by atoms with Crippen LogP contribution < -0.4 is 15.0 Å². The molecule has 0 atom stereocenters. The average Bonchev–Trinajstić information content (AvgIpc) is 2.72. The van der Waals surface area contributed by atoms with E-state index in [4.69, 9.17) is 4.74 Å². The maximum atomic E-state index is 12.1. The number of anilines is 2. The molecule has 0 aliphatic heterocycles. The first-order valence-corrected chi connectivity index (χ1v) is 8.99. The number of benzene rings is 2. The highest BCUT2D eigenvalue weighted by Gasteiger charge is 2.01. The zero-order valence-corrected chi connectivity index (χ0v) is 16.0. The van der Waals surface area contributed by atoms with Gasteiger partial charge in [0.15, 0.2) is 0 Å². The summed E-state index contributed by atoms with van der Waals surface area (Å²) in [7, 11) is 3.84. The lowest BCUT2D eigenvalue weighted by atomic mass is 10.2. The van der Waals surface area contributed by atoms with Gasteiger partial charge in [0.1, 0.15) is 18.2 Å². The van der Waals surface area contributed by atoms with Crippen LogP contribution in [-0.4, -0.2) is 25.0 Å². The van der Waals surface area contributed by atoms with Gasteiger partial charge in [-0.15, -0.1) is 0 Å². The fraction of sp³-hybridized carbons (Fsp3) is 0.130. The van der Waals surface area contributed by atoms with Crippen molar-refractivity contribution < 1.29 is 9.53 Å². The number of hydrogen-bond acceptors (Lipinski definition) is 4. The van der Waals surface area contributed by atoms with Gasteiger partial charge in [0.05, 0.1) is 11.9 Å². The number of rotatable bonds is 7. The maximum Gasteiger partial charge on any atom is 0.248 e. The van der Waals surface area contributed by atoms with Crippen molar-refractivity contribution in [2.75, 3.05) is 24.3 Å². The number of amides is 1. The lowest BCUT2D eigenvalue weighted by Crippen LogP contribution is -2.12. The molecule has 5 nitrogen and oxygen atoms in total. The fourth-order valence-corrected chi connectivity index (χ4v) is 2.50. The second-order valence-electron chi connectivity index (χ2n) is 6.47. The molecule has 0 radical (unpaired) electrons. The first-order valence-electron chi connectivity index (χ1n) is 8.99. The largest absolute Gasteiger partial charge is 0.489 e. The van der Waals surface area contributed by atoms with E-state index < -0.39 is 0 Å². The highest BCUT2D eigenvalue weighted by Crippen LogP contribution is 2.15. The Morgan fingerprint density at radius 1 is 1.04 bits per heavy atom. The molecule has 5 heteroatoms. The highest BCUT2D eigenvalue weighted by molar-refractivity contribution is 6.01. The molecule has 0 unspecified atom stereocenters. The smallest absolute Gasteiger partial charge is 0.248 e. The lowest BCUT2D eigenvalue weighted by molar-refractivity contribution is -0.111. The summed E-state index contributed by atoms with van der Waals surface area (Å²) < 4.78 is 5.76. The van der Waals surface area contributed by atoms with Gasteiger partial charge in [-0.05, 0) is 41.5 Å². The second-order valence-corrected chi connectivity index (χ2v) is 6.47. The van der Waals surface area contributed by atoms with Gasteiger partial charge < -0.3 is 15.0 Å². The van der Waals surface area contributed by atoms with Crippen molar-refractivity contribution in [3.8, 4) is 5.75 Å². The zero-order valence-electron chi connectivity index (χ0n) is 16.0. The molecule has 0 aliphatic rings. The van der Waals surface area contributed by atoms with Crippen molar-refractivity contribution in [3.63, 3.8) is 0 Å². The predicted molar refractivity (Wildman–Crippen MR) is 113 cm³/mol. The molecular formula is C23H23N3O2. The second kappa shape index (κ2) is 9.37. The summed E-state index contributed by atoms with van der Waals surface area (Å²) in [5, 5.41) is 2.80. The number of carbonyl (C=O) groups excluding carboxylic acids is 1. The summed E-state index contributed by atoms with van der Waals surface area (Å²) in [5.74, 6) is 1.42. The van der Waals surface area contributed by atoms with Gasteiger partial charge in [0.25, 0.3) is 0 Å². The van der Waals surface area contributed by atoms with E-state index in [0.717, 1.165) is 22.7 Å². The summed E-state index contributed by atoms with van der Waals surface area (Å²) in [4.78, 5) is 18.2. The van der Waals surface area contributed by atoms with Crippen molar-refractivity contribution in [3.05, 3.63) is 90.1 Å². The summed E-state index contributed by atoms with van der Waals surface area (Å²) in [6, 6.07) is 21.3. The van der Waals surface area contributed by atoms with Gasteiger partial charge in [-0.1, -0.05) is 42.5 Å². The molecule has 142 valence electrons. The molecule has 1 amide bonds. The third kappa shape index (κ3) is 5.71. The van der Waals surface area contributed by atoms with Crippen LogP contribution in [0.25, 0.3) is 6.08 Å². The normalized spacial score (nSPS) is 10.6. The Kier molecular flexibility index (Phi) is 6.41. The Labute approximate surface area is 165 Å². The number of ether oxygens (including phenoxy) is 1. The van der Waals surface area contributed by atoms with E-state index in [1.54, 1.807) is 12.3 Å². The minimum atomic E-state index is -0.205. The van der Waals surface area contributed by atoms with E-state index in [1.807, 2.05) is 85.7 Å². The van der Waals surface area contributed by atoms with Gasteiger partial charge in [0, 0.05) is 20.2 Å². The van der Waals surface area contributed by atoms with Gasteiger partial charge in [-0.3, -0.25) is 4.79 Å². The molecule has 1 N–H and O–H groups in total. The van der Waals surface area contributed by atoms with Crippen molar-refractivity contribution in [2.45, 2.75) is 6.61 Å². The molecule has 0 saturated heterocycles. The van der Waals surface area contributed by atoms with Crippen molar-refractivity contribution in [2.24, 2.45) is 0 Å². The monoisotopic (exact) mass is 373 g/mol. The number of aromatic nitrogens is 1. The minimum Gasteiger partial charge on any atom is -0.489 e. The van der Waals surface area contributed by atoms with Crippen LogP contribution in [-0.2, 0) is 11.4 Å². The van der Waals surface area contributed by atoms with E-state index in [2.05, 4.69) is 10.3 Å². The number of pyridine rings is 1. The molecule has 0 saturated carbocycles. The molecule has 0 bridgehead atoms. The number of nitrogens with zero attached hydrogens (tertiary/aromatic N) is 2. The molecule has 1 heterocycles. The van der Waals surface area contributed by atoms with Gasteiger partial charge in [-0.25, -0.2) is 4.98 Å². The number of carbonyl (C=O) groups is 1. The molecule has 0 fully saturated rings. The number of hydrogen-bond donors (Lipinski definition) is 1. The first-order chi connectivity index (χ1) is 13.6. The molecule has 1 aromatic heterocycles. The van der Waals surface area contributed by atoms with E-state index in [1.165, 1.54) is 6.08 Å². The van der Waals surface area contributed by atoms with Crippen molar-refractivity contribution in [1.82, 2.24) is 4.98 Å². The quantitative estimate of drug-likeness (QED) is 0.625. The van der Waals surface area contributed by atoms with Crippen LogP contribution in [0.15, 0.2) is 79.0 Å². The Balaban J connectivity index is 1.51. The Morgan fingerprint density at radius 3 is 2.43 bits per heavy atom. The molecule has 28 heavy (non-hydrogen) atoms. The van der Waals surface area contributed by atoms with E-state index in [0.29, 0.717) is 12.3 Å². The Hall–Kier alpha value is -3.60. The van der Waals surface area contributed by atoms with Crippen LogP contribution in [0.2, 0.25) is 0 Å². The molecule has 2 aromatic carbocycles. The van der Waals surface area contributed by atoms with Crippen molar-refractivity contribution >= 4 is 23.5 Å². The summed E-state index contributed by atoms with van der Waals surface area (Å²) in [6.45, 7) is 0.527. The highest BCUT2D eigenvalue weighted by atomic mass is 16.5. The summed E-state index contributed by atoms with van der Waals surface area (Å²) >= 11 is 0. The van der Waals surface area contributed by atoms with Gasteiger partial charge in [0.2, 0.25) is 5.91 Å². The number of nitrogens with one attached hydrogen (secondary N) is 1. The fourth-order valence-electron chi connectivity index (χ4n) is 2.50. The molecule has 0 aliphatic carbocycles. The van der Waals surface area contributed by atoms with Crippen LogP contribution in [0.1, 0.15) is 11.1 Å². The summed E-state index contributed by atoms with van der Waals surface area (Å²) in [5.41, 5.74) is 2.70. The van der Waals surface area contributed by atoms with Crippen LogP contribution in [0.4, 0.5) is 11.5 Å². The van der Waals surface area contributed by atoms with Crippen LogP contribution >= 0.6 is 0 Å². The SMILES string of the molecule is CN(C)c1ccc(NC(=O)/C=C/c2ccc(OCc3ccccc3)cc2)cn1. The predicted octanol–water partition coefficient (Wildman–Crippen LogP) is 4.38. The van der Waals surface area contributed by atoms with Crippen molar-refractivity contribution in [1.29, 1.82) is 0 Å². The third-order valence-electron chi connectivity index (χ3n) is 4.03. The van der Waals surface area contributed by atoms with Crippen LogP contribution in [0.3, 0.4) is 0 Å². The molecule has 3 aromatic rings. The van der Waals surface area contributed by atoms with Crippen LogP contribution in [0, 0.1) is 0 Å². The van der Waals surface area contributed by atoms with E-state index in [-0.39, 0.29) is 5.91 Å². The third-order valence-corrected chi connectivity index (χ3v) is 4.03. The molecular weight excluding hydrogens is 350 g/mol. The van der Waals surface area contributed by atoms with Gasteiger partial charge in [-0.2, -0.15) is 0 Å². The van der Waals surface area contributed by atoms with E-state index in [9.17, 15) is 4.79 Å². The standard InChI is InChI=1S/C23H23N3O2/c1-26(2)22-14-11-20(16-24-22)25-23(27)15-10-18-8-12-21(13-9-18)28-17-19-6-4-3-5-7-19/h3-16H,17H2,1-2H3,(H,25,27)/b15-10+. The minimum absolute atomic E-state index is 0.205. The topological polar surface area (TPSA) is 54.5 Å². The van der Waals surface area contributed by atoms with Crippen LogP contribution in [0.5, 0.6) is 5.75 Å². The van der Waals surface area contributed by atoms with E-state index >= 15 is 0 Å². The Bertz CT molecular complexity index is 918. The maximum absolute atomic E-state index is 12.1. The zero-order chi connectivity index (χ0) is 19.8. The van der Waals surface area contributed by atoms with Gasteiger partial charge >= 0.3 is 0 Å². The molecule has 0 spiro atoms. The lowest BCUT2D eigenvalue weighted by Gasteiger charge is -2.11. The Morgan fingerprint density at radius 2 is 1.79 bits per heavy atom. The molecule has 3 rings (SSSR count). The average molecular weight is 373 g/mol. The first kappa shape index (κ1) is 19.2.